The molecule has 1 aliphatic rings. The van der Waals surface area contributed by atoms with Gasteiger partial charge >= 0.3 is 0 Å². The van der Waals surface area contributed by atoms with Crippen LogP contribution >= 0.6 is 0 Å². The fourth-order valence-corrected chi connectivity index (χ4v) is 4.37. The van der Waals surface area contributed by atoms with Gasteiger partial charge in [0.1, 0.15) is 6.04 Å². The van der Waals surface area contributed by atoms with Gasteiger partial charge in [-0.1, -0.05) is 17.7 Å². The van der Waals surface area contributed by atoms with Crippen LogP contribution in [0.1, 0.15) is 29.5 Å². The molecule has 1 fully saturated rings. The number of nitrogens with one attached hydrogen (secondary N) is 2. The smallest absolute Gasteiger partial charge is 0.243 e. The molecule has 1 aromatic rings. The second-order valence-corrected chi connectivity index (χ2v) is 8.51. The largest absolute Gasteiger partial charge is 0.346 e. The third-order valence-corrected chi connectivity index (χ3v) is 5.59. The van der Waals surface area contributed by atoms with Gasteiger partial charge in [-0.05, 0) is 44.7 Å². The van der Waals surface area contributed by atoms with Crippen LogP contribution in [-0.4, -0.2) is 49.9 Å². The van der Waals surface area contributed by atoms with Crippen LogP contribution < -0.4 is 10.6 Å². The number of carbonyl (C=O) groups is 2. The fraction of sp³-hybridized carbons (Fsp3) is 0.529. The van der Waals surface area contributed by atoms with E-state index in [-0.39, 0.29) is 12.5 Å². The standard InChI is InChI=1S/C17H25N3O4S/c1-11-8-12(2)16(13(3)9-11)19-15(21)10-18-17(22)14-6-5-7-20(14)25(4,23)24/h8-9,14H,5-7,10H2,1-4H3,(H,18,22)(H,19,21). The van der Waals surface area contributed by atoms with Gasteiger partial charge in [0.2, 0.25) is 21.8 Å². The Morgan fingerprint density at radius 2 is 1.80 bits per heavy atom. The first kappa shape index (κ1) is 19.4. The lowest BCUT2D eigenvalue weighted by molar-refractivity contribution is -0.126. The van der Waals surface area contributed by atoms with Crippen molar-refractivity contribution in [3.05, 3.63) is 28.8 Å². The molecule has 0 radical (unpaired) electrons. The van der Waals surface area contributed by atoms with E-state index >= 15 is 0 Å². The number of rotatable bonds is 5. The van der Waals surface area contributed by atoms with Gasteiger partial charge in [-0.25, -0.2) is 8.42 Å². The molecule has 25 heavy (non-hydrogen) atoms. The third-order valence-electron chi connectivity index (χ3n) is 4.30. The SMILES string of the molecule is Cc1cc(C)c(NC(=O)CNC(=O)C2CCCN2S(C)(=O)=O)c(C)c1. The molecule has 1 aromatic carbocycles. The molecule has 0 aromatic heterocycles. The van der Waals surface area contributed by atoms with Gasteiger partial charge in [0.15, 0.2) is 0 Å². The average molecular weight is 367 g/mol. The Bertz CT molecular complexity index is 766. The molecular weight excluding hydrogens is 342 g/mol. The van der Waals surface area contributed by atoms with Crippen LogP contribution in [-0.2, 0) is 19.6 Å². The Balaban J connectivity index is 1.95. The van der Waals surface area contributed by atoms with E-state index in [2.05, 4.69) is 10.6 Å². The van der Waals surface area contributed by atoms with E-state index < -0.39 is 22.0 Å². The maximum Gasteiger partial charge on any atom is 0.243 e. The molecule has 0 spiro atoms. The summed E-state index contributed by atoms with van der Waals surface area (Å²) in [6.07, 6.45) is 2.20. The van der Waals surface area contributed by atoms with Crippen LogP contribution in [0.5, 0.6) is 0 Å². The molecule has 2 N–H and O–H groups in total. The van der Waals surface area contributed by atoms with Crippen molar-refractivity contribution in [2.75, 3.05) is 24.7 Å². The lowest BCUT2D eigenvalue weighted by Gasteiger charge is -2.21. The summed E-state index contributed by atoms with van der Waals surface area (Å²) in [5.41, 5.74) is 3.76. The summed E-state index contributed by atoms with van der Waals surface area (Å²) in [6, 6.07) is 3.22. The van der Waals surface area contributed by atoms with Crippen LogP contribution in [0, 0.1) is 20.8 Å². The van der Waals surface area contributed by atoms with Gasteiger partial charge < -0.3 is 10.6 Å². The number of hydrogen-bond acceptors (Lipinski definition) is 4. The average Bonchev–Trinajstić information content (AvgIpc) is 2.98. The number of anilines is 1. The van der Waals surface area contributed by atoms with Crippen molar-refractivity contribution >= 4 is 27.5 Å². The van der Waals surface area contributed by atoms with Crippen molar-refractivity contribution in [3.63, 3.8) is 0 Å². The third kappa shape index (κ3) is 4.79. The van der Waals surface area contributed by atoms with E-state index in [9.17, 15) is 18.0 Å². The number of aryl methyl sites for hydroxylation is 3. The van der Waals surface area contributed by atoms with Crippen LogP contribution in [0.3, 0.4) is 0 Å². The molecule has 138 valence electrons. The summed E-state index contributed by atoms with van der Waals surface area (Å²) in [4.78, 5) is 24.4. The summed E-state index contributed by atoms with van der Waals surface area (Å²) in [6.45, 7) is 5.96. The minimum Gasteiger partial charge on any atom is -0.346 e. The maximum atomic E-state index is 12.2. The van der Waals surface area contributed by atoms with Crippen molar-refractivity contribution in [2.24, 2.45) is 0 Å². The molecule has 7 nitrogen and oxygen atoms in total. The molecule has 2 rings (SSSR count). The van der Waals surface area contributed by atoms with E-state index in [1.54, 1.807) is 0 Å². The highest BCUT2D eigenvalue weighted by Gasteiger charge is 2.36. The summed E-state index contributed by atoms with van der Waals surface area (Å²) in [5, 5.41) is 5.35. The minimum atomic E-state index is -3.43. The first-order valence-corrected chi connectivity index (χ1v) is 10.1. The molecule has 0 bridgehead atoms. The molecule has 1 atom stereocenters. The van der Waals surface area contributed by atoms with Crippen molar-refractivity contribution in [3.8, 4) is 0 Å². The molecule has 1 heterocycles. The number of sulfonamides is 1. The first-order valence-electron chi connectivity index (χ1n) is 8.22. The Morgan fingerprint density at radius 3 is 2.36 bits per heavy atom. The molecular formula is C17H25N3O4S. The summed E-state index contributed by atoms with van der Waals surface area (Å²) < 4.78 is 24.6. The highest BCUT2D eigenvalue weighted by Crippen LogP contribution is 2.22. The monoisotopic (exact) mass is 367 g/mol. The summed E-state index contributed by atoms with van der Waals surface area (Å²) >= 11 is 0. The second kappa shape index (κ2) is 7.53. The van der Waals surface area contributed by atoms with E-state index in [1.165, 1.54) is 4.31 Å². The van der Waals surface area contributed by atoms with Crippen molar-refractivity contribution in [1.82, 2.24) is 9.62 Å². The van der Waals surface area contributed by atoms with Gasteiger partial charge in [0.05, 0.1) is 12.8 Å². The number of benzene rings is 1. The molecule has 1 unspecified atom stereocenters. The van der Waals surface area contributed by atoms with E-state index in [1.807, 2.05) is 32.9 Å². The Morgan fingerprint density at radius 1 is 1.20 bits per heavy atom. The van der Waals surface area contributed by atoms with Gasteiger partial charge in [-0.2, -0.15) is 4.31 Å². The van der Waals surface area contributed by atoms with Crippen LogP contribution in [0.25, 0.3) is 0 Å². The Kier molecular flexibility index (Phi) is 5.84. The maximum absolute atomic E-state index is 12.2. The summed E-state index contributed by atoms with van der Waals surface area (Å²) in [7, 11) is -3.43. The highest BCUT2D eigenvalue weighted by molar-refractivity contribution is 7.88. The van der Waals surface area contributed by atoms with E-state index in [0.717, 1.165) is 28.6 Å². The Labute approximate surface area is 148 Å². The van der Waals surface area contributed by atoms with Gasteiger partial charge in [-0.15, -0.1) is 0 Å². The zero-order chi connectivity index (χ0) is 18.8. The predicted octanol–water partition coefficient (Wildman–Crippen LogP) is 1.09. The van der Waals surface area contributed by atoms with Crippen LogP contribution in [0.15, 0.2) is 12.1 Å². The molecule has 0 saturated carbocycles. The van der Waals surface area contributed by atoms with Crippen molar-refractivity contribution in [2.45, 2.75) is 39.7 Å². The van der Waals surface area contributed by atoms with Crippen LogP contribution in [0.2, 0.25) is 0 Å². The van der Waals surface area contributed by atoms with Crippen LogP contribution in [0.4, 0.5) is 5.69 Å². The van der Waals surface area contributed by atoms with Gasteiger partial charge in [0, 0.05) is 12.2 Å². The summed E-state index contributed by atoms with van der Waals surface area (Å²) in [5.74, 6) is -0.775. The number of nitrogens with zero attached hydrogens (tertiary/aromatic N) is 1. The predicted molar refractivity (Wildman–Crippen MR) is 96.9 cm³/mol. The molecule has 1 aliphatic heterocycles. The molecule has 2 amide bonds. The quantitative estimate of drug-likeness (QED) is 0.814. The minimum absolute atomic E-state index is 0.195. The van der Waals surface area contributed by atoms with Gasteiger partial charge in [0.25, 0.3) is 0 Å². The van der Waals surface area contributed by atoms with Crippen molar-refractivity contribution < 1.29 is 18.0 Å². The van der Waals surface area contributed by atoms with Crippen molar-refractivity contribution in [1.29, 1.82) is 0 Å². The van der Waals surface area contributed by atoms with E-state index in [0.29, 0.717) is 19.4 Å². The highest BCUT2D eigenvalue weighted by atomic mass is 32.2. The lowest BCUT2D eigenvalue weighted by atomic mass is 10.1. The van der Waals surface area contributed by atoms with E-state index in [4.69, 9.17) is 0 Å². The zero-order valence-corrected chi connectivity index (χ0v) is 15.9. The topological polar surface area (TPSA) is 95.6 Å². The zero-order valence-electron chi connectivity index (χ0n) is 15.0. The normalized spacial score (nSPS) is 18.2. The first-order chi connectivity index (χ1) is 11.6. The number of hydrogen-bond donors (Lipinski definition) is 2. The fourth-order valence-electron chi connectivity index (χ4n) is 3.25. The number of amides is 2. The lowest BCUT2D eigenvalue weighted by Crippen LogP contribution is -2.47. The Hall–Kier alpha value is -1.93. The molecule has 8 heteroatoms. The molecule has 0 aliphatic carbocycles. The molecule has 1 saturated heterocycles. The number of carbonyl (C=O) groups excluding carboxylic acids is 2. The van der Waals surface area contributed by atoms with Gasteiger partial charge in [-0.3, -0.25) is 9.59 Å². The second-order valence-electron chi connectivity index (χ2n) is 6.57.